The van der Waals surface area contributed by atoms with Crippen LogP contribution in [0, 0.1) is 11.3 Å². The monoisotopic (exact) mass is 555 g/mol. The van der Waals surface area contributed by atoms with Gasteiger partial charge in [0.05, 0.1) is 5.25 Å². The number of carbonyl (C=O) groups excluding carboxylic acids is 2. The van der Waals surface area contributed by atoms with Gasteiger partial charge in [0, 0.05) is 27.3 Å². The number of nitriles is 1. The van der Waals surface area contributed by atoms with E-state index in [0.717, 1.165) is 17.3 Å². The maximum atomic E-state index is 13.6. The molecule has 1 aliphatic rings. The summed E-state index contributed by atoms with van der Waals surface area (Å²) in [4.78, 5) is 28.0. The van der Waals surface area contributed by atoms with E-state index >= 15 is 0 Å². The molecular formula is C27H20Cl3N3O2S. The SMILES string of the molecule is N#C/C(C(=O)NCCc1ccccc1)=C1/SC(Cc2cc(Cl)ccc2Cl)C(=O)N1c1ccc(Cl)cc1. The molecule has 1 saturated heterocycles. The standard InChI is InChI=1S/C27H20Cl3N3O2S/c28-19-6-9-21(10-7-19)33-26(35)24(15-18-14-20(29)8-11-23(18)30)36-27(33)22(16-31)25(34)32-13-12-17-4-2-1-3-5-17/h1-11,14,24H,12-13,15H2,(H,32,34)/b27-22-. The lowest BCUT2D eigenvalue weighted by molar-refractivity contribution is -0.117. The van der Waals surface area contributed by atoms with Crippen molar-refractivity contribution in [1.29, 1.82) is 5.26 Å². The van der Waals surface area contributed by atoms with E-state index in [9.17, 15) is 14.9 Å². The Morgan fingerprint density at radius 2 is 1.69 bits per heavy atom. The Balaban J connectivity index is 1.64. The molecule has 1 atom stereocenters. The van der Waals surface area contributed by atoms with Crippen molar-refractivity contribution in [2.45, 2.75) is 18.1 Å². The third-order valence-electron chi connectivity index (χ3n) is 5.55. The summed E-state index contributed by atoms with van der Waals surface area (Å²) in [6.45, 7) is 0.350. The molecular weight excluding hydrogens is 537 g/mol. The van der Waals surface area contributed by atoms with E-state index in [1.165, 1.54) is 4.90 Å². The van der Waals surface area contributed by atoms with Crippen LogP contribution in [-0.4, -0.2) is 23.6 Å². The van der Waals surface area contributed by atoms with E-state index in [2.05, 4.69) is 5.32 Å². The highest BCUT2D eigenvalue weighted by molar-refractivity contribution is 8.05. The van der Waals surface area contributed by atoms with Gasteiger partial charge in [0.1, 0.15) is 16.7 Å². The molecule has 0 saturated carbocycles. The summed E-state index contributed by atoms with van der Waals surface area (Å²) < 4.78 is 0. The molecule has 36 heavy (non-hydrogen) atoms. The number of hydrogen-bond donors (Lipinski definition) is 1. The Hall–Kier alpha value is -2.95. The molecule has 1 unspecified atom stereocenters. The smallest absolute Gasteiger partial charge is 0.264 e. The molecule has 4 rings (SSSR count). The third-order valence-corrected chi connectivity index (χ3v) is 7.66. The van der Waals surface area contributed by atoms with Crippen LogP contribution in [0.15, 0.2) is 83.4 Å². The van der Waals surface area contributed by atoms with Crippen LogP contribution in [0.25, 0.3) is 0 Å². The molecule has 0 aromatic heterocycles. The Bertz CT molecular complexity index is 1350. The number of benzene rings is 3. The first-order chi connectivity index (χ1) is 17.4. The molecule has 0 radical (unpaired) electrons. The number of rotatable bonds is 7. The van der Waals surface area contributed by atoms with Crippen LogP contribution < -0.4 is 10.2 Å². The average Bonchev–Trinajstić information content (AvgIpc) is 3.18. The summed E-state index contributed by atoms with van der Waals surface area (Å²) in [6, 6.07) is 23.5. The maximum Gasteiger partial charge on any atom is 0.264 e. The first kappa shape index (κ1) is 26.1. The predicted octanol–water partition coefficient (Wildman–Crippen LogP) is 6.43. The van der Waals surface area contributed by atoms with Crippen LogP contribution in [-0.2, 0) is 22.4 Å². The minimum Gasteiger partial charge on any atom is -0.351 e. The normalized spacial score (nSPS) is 16.6. The van der Waals surface area contributed by atoms with Gasteiger partial charge in [-0.15, -0.1) is 0 Å². The zero-order chi connectivity index (χ0) is 25.7. The van der Waals surface area contributed by atoms with Crippen molar-refractivity contribution in [3.05, 3.63) is 110 Å². The molecule has 3 aromatic rings. The lowest BCUT2D eigenvalue weighted by Gasteiger charge is -2.19. The first-order valence-electron chi connectivity index (χ1n) is 11.0. The molecule has 1 fully saturated rings. The van der Waals surface area contributed by atoms with Crippen LogP contribution >= 0.6 is 46.6 Å². The molecule has 1 aliphatic heterocycles. The molecule has 0 bridgehead atoms. The van der Waals surface area contributed by atoms with E-state index in [1.807, 2.05) is 36.4 Å². The summed E-state index contributed by atoms with van der Waals surface area (Å²) in [5.74, 6) is -0.803. The highest BCUT2D eigenvalue weighted by Crippen LogP contribution is 2.42. The zero-order valence-corrected chi connectivity index (χ0v) is 22.0. The van der Waals surface area contributed by atoms with E-state index < -0.39 is 11.2 Å². The van der Waals surface area contributed by atoms with Crippen LogP contribution in [0.5, 0.6) is 0 Å². The molecule has 1 heterocycles. The maximum absolute atomic E-state index is 13.6. The second-order valence-electron chi connectivity index (χ2n) is 7.98. The molecule has 1 N–H and O–H groups in total. The van der Waals surface area contributed by atoms with Crippen LogP contribution in [0.3, 0.4) is 0 Å². The number of nitrogens with one attached hydrogen (secondary N) is 1. The number of thioether (sulfide) groups is 1. The van der Waals surface area contributed by atoms with Crippen molar-refractivity contribution in [1.82, 2.24) is 5.32 Å². The molecule has 9 heteroatoms. The lowest BCUT2D eigenvalue weighted by atomic mass is 10.1. The fourth-order valence-corrected chi connectivity index (χ4v) is 5.58. The van der Waals surface area contributed by atoms with Gasteiger partial charge in [-0.2, -0.15) is 5.26 Å². The fraction of sp³-hybridized carbons (Fsp3) is 0.148. The number of amides is 2. The molecule has 182 valence electrons. The highest BCUT2D eigenvalue weighted by Gasteiger charge is 2.41. The van der Waals surface area contributed by atoms with Gasteiger partial charge < -0.3 is 5.32 Å². The van der Waals surface area contributed by atoms with Crippen LogP contribution in [0.1, 0.15) is 11.1 Å². The van der Waals surface area contributed by atoms with Gasteiger partial charge in [0.15, 0.2) is 0 Å². The largest absolute Gasteiger partial charge is 0.351 e. The second-order valence-corrected chi connectivity index (χ2v) is 10.5. The Morgan fingerprint density at radius 3 is 2.39 bits per heavy atom. The lowest BCUT2D eigenvalue weighted by Crippen LogP contribution is -2.32. The molecule has 2 amide bonds. The highest BCUT2D eigenvalue weighted by atomic mass is 35.5. The number of nitrogens with zero attached hydrogens (tertiary/aromatic N) is 2. The summed E-state index contributed by atoms with van der Waals surface area (Å²) in [5.41, 5.74) is 2.15. The number of hydrogen-bond acceptors (Lipinski definition) is 4. The first-order valence-corrected chi connectivity index (χ1v) is 13.1. The Morgan fingerprint density at radius 1 is 1.00 bits per heavy atom. The number of carbonyl (C=O) groups is 2. The summed E-state index contributed by atoms with van der Waals surface area (Å²) in [7, 11) is 0. The molecule has 3 aromatic carbocycles. The predicted molar refractivity (Wildman–Crippen MR) is 146 cm³/mol. The topological polar surface area (TPSA) is 73.2 Å². The summed E-state index contributed by atoms with van der Waals surface area (Å²) in [6.07, 6.45) is 0.897. The van der Waals surface area contributed by atoms with Crippen molar-refractivity contribution >= 4 is 64.1 Å². The summed E-state index contributed by atoms with van der Waals surface area (Å²) >= 11 is 19.7. The van der Waals surface area contributed by atoms with Crippen molar-refractivity contribution < 1.29 is 9.59 Å². The van der Waals surface area contributed by atoms with Crippen molar-refractivity contribution in [3.8, 4) is 6.07 Å². The molecule has 0 aliphatic carbocycles. The Kier molecular flexibility index (Phi) is 8.60. The van der Waals surface area contributed by atoms with Crippen molar-refractivity contribution in [2.75, 3.05) is 11.4 Å². The van der Waals surface area contributed by atoms with Crippen molar-refractivity contribution in [3.63, 3.8) is 0 Å². The van der Waals surface area contributed by atoms with E-state index in [4.69, 9.17) is 34.8 Å². The van der Waals surface area contributed by atoms with Crippen LogP contribution in [0.2, 0.25) is 15.1 Å². The van der Waals surface area contributed by atoms with Gasteiger partial charge in [-0.25, -0.2) is 0 Å². The zero-order valence-electron chi connectivity index (χ0n) is 18.9. The van der Waals surface area contributed by atoms with E-state index in [0.29, 0.717) is 39.3 Å². The van der Waals surface area contributed by atoms with Gasteiger partial charge in [-0.3, -0.25) is 14.5 Å². The van der Waals surface area contributed by atoms with Gasteiger partial charge in [0.25, 0.3) is 5.91 Å². The number of anilines is 1. The van der Waals surface area contributed by atoms with Crippen molar-refractivity contribution in [2.24, 2.45) is 0 Å². The average molecular weight is 557 g/mol. The minimum atomic E-state index is -0.605. The van der Waals surface area contributed by atoms with Gasteiger partial charge in [0.2, 0.25) is 5.91 Å². The van der Waals surface area contributed by atoms with Crippen LogP contribution in [0.4, 0.5) is 5.69 Å². The third kappa shape index (κ3) is 6.05. The van der Waals surface area contributed by atoms with Gasteiger partial charge >= 0.3 is 0 Å². The quantitative estimate of drug-likeness (QED) is 0.269. The van der Waals surface area contributed by atoms with Gasteiger partial charge in [-0.05, 0) is 66.4 Å². The minimum absolute atomic E-state index is 0.129. The fourth-order valence-electron chi connectivity index (χ4n) is 3.76. The molecule has 0 spiro atoms. The van der Waals surface area contributed by atoms with E-state index in [1.54, 1.807) is 42.5 Å². The summed E-state index contributed by atoms with van der Waals surface area (Å²) in [5, 5.41) is 13.9. The molecule has 5 nitrogen and oxygen atoms in total. The second kappa shape index (κ2) is 11.9. The van der Waals surface area contributed by atoms with Gasteiger partial charge in [-0.1, -0.05) is 76.9 Å². The number of halogens is 3. The van der Waals surface area contributed by atoms with E-state index in [-0.39, 0.29) is 22.9 Å². The Labute approximate surface area is 228 Å².